The number of nitriles is 1. The van der Waals surface area contributed by atoms with Crippen LogP contribution in [-0.2, 0) is 0 Å². The van der Waals surface area contributed by atoms with Gasteiger partial charge in [0.15, 0.2) is 0 Å². The molecule has 1 aromatic heterocycles. The van der Waals surface area contributed by atoms with Crippen LogP contribution < -0.4 is 5.32 Å². The molecule has 0 aliphatic heterocycles. The Bertz CT molecular complexity index is 705. The van der Waals surface area contributed by atoms with Crippen LogP contribution in [0, 0.1) is 24.1 Å². The van der Waals surface area contributed by atoms with Gasteiger partial charge in [-0.2, -0.15) is 5.26 Å². The van der Waals surface area contributed by atoms with E-state index >= 15 is 0 Å². The van der Waals surface area contributed by atoms with Crippen molar-refractivity contribution >= 4 is 23.2 Å². The maximum absolute atomic E-state index is 13.7. The maximum Gasteiger partial charge on any atom is 0.255 e. The fourth-order valence-electron chi connectivity index (χ4n) is 1.64. The molecule has 20 heavy (non-hydrogen) atoms. The smallest absolute Gasteiger partial charge is 0.255 e. The van der Waals surface area contributed by atoms with Crippen molar-refractivity contribution in [2.24, 2.45) is 0 Å². The Morgan fingerprint density at radius 2 is 2.15 bits per heavy atom. The Labute approximate surface area is 119 Å². The number of aryl methyl sites for hydroxylation is 1. The lowest BCUT2D eigenvalue weighted by molar-refractivity contribution is 0.102. The van der Waals surface area contributed by atoms with Crippen molar-refractivity contribution in [1.82, 2.24) is 4.98 Å². The van der Waals surface area contributed by atoms with E-state index in [2.05, 4.69) is 10.3 Å². The van der Waals surface area contributed by atoms with Gasteiger partial charge < -0.3 is 5.32 Å². The molecular weight excluding hydrogens is 281 g/mol. The highest BCUT2D eigenvalue weighted by Crippen LogP contribution is 2.17. The minimum atomic E-state index is -0.672. The molecule has 1 amide bonds. The molecule has 1 heterocycles. The van der Waals surface area contributed by atoms with Crippen molar-refractivity contribution in [2.45, 2.75) is 6.92 Å². The number of benzene rings is 1. The van der Waals surface area contributed by atoms with Gasteiger partial charge in [0, 0.05) is 11.3 Å². The second kappa shape index (κ2) is 5.68. The van der Waals surface area contributed by atoms with Crippen LogP contribution in [0.4, 0.5) is 10.1 Å². The van der Waals surface area contributed by atoms with Crippen molar-refractivity contribution in [3.63, 3.8) is 0 Å². The molecule has 4 nitrogen and oxygen atoms in total. The van der Waals surface area contributed by atoms with Gasteiger partial charge >= 0.3 is 0 Å². The van der Waals surface area contributed by atoms with Crippen LogP contribution in [0.25, 0.3) is 0 Å². The third-order valence-electron chi connectivity index (χ3n) is 2.53. The summed E-state index contributed by atoms with van der Waals surface area (Å²) >= 11 is 5.77. The Kier molecular flexibility index (Phi) is 3.97. The Morgan fingerprint density at radius 3 is 2.75 bits per heavy atom. The summed E-state index contributed by atoms with van der Waals surface area (Å²) in [5.41, 5.74) is 1.05. The summed E-state index contributed by atoms with van der Waals surface area (Å²) in [6.45, 7) is 1.70. The predicted octanol–water partition coefficient (Wildman–Crippen LogP) is 3.31. The van der Waals surface area contributed by atoms with E-state index in [1.54, 1.807) is 13.0 Å². The molecule has 100 valence electrons. The lowest BCUT2D eigenvalue weighted by Crippen LogP contribution is -2.13. The number of aromatic nitrogens is 1. The number of hydrogen-bond donors (Lipinski definition) is 1. The molecule has 1 aromatic carbocycles. The predicted molar refractivity (Wildman–Crippen MR) is 73.1 cm³/mol. The third-order valence-corrected chi connectivity index (χ3v) is 2.72. The van der Waals surface area contributed by atoms with Gasteiger partial charge in [-0.3, -0.25) is 4.79 Å². The van der Waals surface area contributed by atoms with Gasteiger partial charge in [-0.1, -0.05) is 11.6 Å². The molecule has 0 saturated heterocycles. The SMILES string of the molecule is Cc1cc(C(=O)Nc2ccc(C#N)cc2F)cc(Cl)n1. The second-order valence-electron chi connectivity index (χ2n) is 4.08. The van der Waals surface area contributed by atoms with Gasteiger partial charge in [-0.15, -0.1) is 0 Å². The van der Waals surface area contributed by atoms with Crippen LogP contribution in [0.1, 0.15) is 21.6 Å². The monoisotopic (exact) mass is 289 g/mol. The van der Waals surface area contributed by atoms with E-state index < -0.39 is 11.7 Å². The van der Waals surface area contributed by atoms with Gasteiger partial charge in [0.25, 0.3) is 5.91 Å². The largest absolute Gasteiger partial charge is 0.319 e. The van der Waals surface area contributed by atoms with Crippen LogP contribution in [0.5, 0.6) is 0 Å². The molecule has 0 bridgehead atoms. The van der Waals surface area contributed by atoms with Gasteiger partial charge in [0.1, 0.15) is 11.0 Å². The Balaban J connectivity index is 2.26. The summed E-state index contributed by atoms with van der Waals surface area (Å²) in [5, 5.41) is 11.3. The first-order chi connectivity index (χ1) is 9.49. The van der Waals surface area contributed by atoms with E-state index in [4.69, 9.17) is 16.9 Å². The van der Waals surface area contributed by atoms with Crippen LogP contribution in [0.2, 0.25) is 5.15 Å². The number of pyridine rings is 1. The summed E-state index contributed by atoms with van der Waals surface area (Å²) in [4.78, 5) is 15.9. The molecule has 6 heteroatoms. The van der Waals surface area contributed by atoms with Crippen molar-refractivity contribution in [3.8, 4) is 6.07 Å². The fraction of sp³-hybridized carbons (Fsp3) is 0.0714. The molecule has 0 aliphatic carbocycles. The first-order valence-electron chi connectivity index (χ1n) is 5.65. The third kappa shape index (κ3) is 3.11. The molecular formula is C14H9ClFN3O. The maximum atomic E-state index is 13.7. The summed E-state index contributed by atoms with van der Waals surface area (Å²) in [6.07, 6.45) is 0. The van der Waals surface area contributed by atoms with Gasteiger partial charge in [-0.25, -0.2) is 9.37 Å². The highest BCUT2D eigenvalue weighted by molar-refractivity contribution is 6.29. The quantitative estimate of drug-likeness (QED) is 0.863. The van der Waals surface area contributed by atoms with Gasteiger partial charge in [0.2, 0.25) is 0 Å². The molecule has 0 fully saturated rings. The molecule has 1 N–H and O–H groups in total. The van der Waals surface area contributed by atoms with E-state index in [1.165, 1.54) is 18.2 Å². The van der Waals surface area contributed by atoms with E-state index in [0.717, 1.165) is 6.07 Å². The molecule has 2 aromatic rings. The van der Waals surface area contributed by atoms with E-state index in [-0.39, 0.29) is 22.0 Å². The number of rotatable bonds is 2. The fourth-order valence-corrected chi connectivity index (χ4v) is 1.89. The summed E-state index contributed by atoms with van der Waals surface area (Å²) < 4.78 is 13.7. The van der Waals surface area contributed by atoms with Gasteiger partial charge in [-0.05, 0) is 37.3 Å². The Hall–Kier alpha value is -2.45. The molecule has 0 saturated carbocycles. The summed E-state index contributed by atoms with van der Waals surface area (Å²) in [5.74, 6) is -1.17. The van der Waals surface area contributed by atoms with E-state index in [1.807, 2.05) is 6.07 Å². The molecule has 2 rings (SSSR count). The van der Waals surface area contributed by atoms with Crippen molar-refractivity contribution in [2.75, 3.05) is 5.32 Å². The van der Waals surface area contributed by atoms with Crippen molar-refractivity contribution in [1.29, 1.82) is 5.26 Å². The topological polar surface area (TPSA) is 65.8 Å². The van der Waals surface area contributed by atoms with E-state index in [9.17, 15) is 9.18 Å². The average Bonchev–Trinajstić information content (AvgIpc) is 2.39. The Morgan fingerprint density at radius 1 is 1.40 bits per heavy atom. The standard InChI is InChI=1S/C14H9ClFN3O/c1-8-4-10(6-13(15)18-8)14(20)19-12-3-2-9(7-17)5-11(12)16/h2-6H,1H3,(H,19,20). The van der Waals surface area contributed by atoms with Crippen LogP contribution in [0.15, 0.2) is 30.3 Å². The van der Waals surface area contributed by atoms with Crippen LogP contribution in [-0.4, -0.2) is 10.9 Å². The molecule has 0 aliphatic rings. The highest BCUT2D eigenvalue weighted by atomic mass is 35.5. The minimum Gasteiger partial charge on any atom is -0.319 e. The molecule has 0 unspecified atom stereocenters. The van der Waals surface area contributed by atoms with Crippen LogP contribution in [0.3, 0.4) is 0 Å². The zero-order chi connectivity index (χ0) is 14.7. The minimum absolute atomic E-state index is 0.000382. The number of anilines is 1. The van der Waals surface area contributed by atoms with Gasteiger partial charge in [0.05, 0.1) is 17.3 Å². The lowest BCUT2D eigenvalue weighted by atomic mass is 10.2. The number of nitrogens with one attached hydrogen (secondary N) is 1. The number of carbonyl (C=O) groups is 1. The first kappa shape index (κ1) is 14.0. The van der Waals surface area contributed by atoms with Crippen LogP contribution >= 0.6 is 11.6 Å². The average molecular weight is 290 g/mol. The summed E-state index contributed by atoms with van der Waals surface area (Å²) in [7, 11) is 0. The van der Waals surface area contributed by atoms with Crippen molar-refractivity contribution < 1.29 is 9.18 Å². The lowest BCUT2D eigenvalue weighted by Gasteiger charge is -2.07. The summed E-state index contributed by atoms with van der Waals surface area (Å²) in [6, 6.07) is 8.57. The second-order valence-corrected chi connectivity index (χ2v) is 4.47. The zero-order valence-corrected chi connectivity index (χ0v) is 11.2. The molecule has 0 spiro atoms. The molecule has 0 radical (unpaired) electrons. The molecule has 0 atom stereocenters. The first-order valence-corrected chi connectivity index (χ1v) is 6.02. The normalized spacial score (nSPS) is 9.90. The zero-order valence-electron chi connectivity index (χ0n) is 10.4. The number of carbonyl (C=O) groups excluding carboxylic acids is 1. The van der Waals surface area contributed by atoms with E-state index in [0.29, 0.717) is 5.69 Å². The number of amides is 1. The highest BCUT2D eigenvalue weighted by Gasteiger charge is 2.11. The number of hydrogen-bond acceptors (Lipinski definition) is 3. The van der Waals surface area contributed by atoms with Crippen molar-refractivity contribution in [3.05, 3.63) is 58.1 Å². The number of nitrogens with zero attached hydrogens (tertiary/aromatic N) is 2. The number of halogens is 2.